The van der Waals surface area contributed by atoms with E-state index in [9.17, 15) is 18.0 Å². The molecule has 2 aliphatic rings. The smallest absolute Gasteiger partial charge is 0.266 e. The molecule has 0 saturated heterocycles. The first kappa shape index (κ1) is 21.7. The molecule has 33 heavy (non-hydrogen) atoms. The molecular formula is C25H25F3N4O. The van der Waals surface area contributed by atoms with Crippen molar-refractivity contribution in [2.75, 3.05) is 10.2 Å². The Morgan fingerprint density at radius 2 is 1.82 bits per heavy atom. The van der Waals surface area contributed by atoms with Gasteiger partial charge in [-0.3, -0.25) is 4.79 Å². The van der Waals surface area contributed by atoms with Crippen LogP contribution < -0.4 is 10.2 Å². The van der Waals surface area contributed by atoms with E-state index in [1.165, 1.54) is 12.1 Å². The van der Waals surface area contributed by atoms with Crippen molar-refractivity contribution < 1.29 is 18.0 Å². The molecule has 2 heterocycles. The molecule has 1 atom stereocenters. The van der Waals surface area contributed by atoms with Crippen LogP contribution in [0, 0.1) is 12.7 Å². The Morgan fingerprint density at radius 3 is 2.48 bits per heavy atom. The summed E-state index contributed by atoms with van der Waals surface area (Å²) in [6, 6.07) is 7.54. The molecule has 1 N–H and O–H groups in total. The molecule has 5 nitrogen and oxygen atoms in total. The lowest BCUT2D eigenvalue weighted by Gasteiger charge is -2.20. The number of nitrogens with one attached hydrogen (secondary N) is 1. The van der Waals surface area contributed by atoms with Gasteiger partial charge in [0.1, 0.15) is 5.82 Å². The summed E-state index contributed by atoms with van der Waals surface area (Å²) in [5.41, 5.74) is 1.40. The minimum absolute atomic E-state index is 0.0858. The number of halogens is 3. The maximum atomic E-state index is 14.7. The molecule has 0 spiro atoms. The highest BCUT2D eigenvalue weighted by Crippen LogP contribution is 2.49. The maximum Gasteiger partial charge on any atom is 0.266 e. The standard InChI is InChI=1S/C25H25F3N4O/c1-12(15-6-5-7-16(21(15)26)22(27)28)29-23-18-11-20-19(10-17(18)13(2)30-31-23)25(3,4)24(33)32(20)14-8-9-14/h5-7,10-12,14,22H,8-9H2,1-4H3,(H,29,31)/t12-/m1/s1. The molecule has 0 radical (unpaired) electrons. The zero-order valence-corrected chi connectivity index (χ0v) is 18.9. The molecule has 0 unspecified atom stereocenters. The molecule has 1 aliphatic carbocycles. The van der Waals surface area contributed by atoms with Gasteiger partial charge in [-0.05, 0) is 58.2 Å². The van der Waals surface area contributed by atoms with Crippen LogP contribution in [0.25, 0.3) is 10.8 Å². The summed E-state index contributed by atoms with van der Waals surface area (Å²) in [4.78, 5) is 15.1. The first-order chi connectivity index (χ1) is 15.6. The van der Waals surface area contributed by atoms with Crippen LogP contribution in [-0.4, -0.2) is 22.1 Å². The lowest BCUT2D eigenvalue weighted by Crippen LogP contribution is -2.37. The van der Waals surface area contributed by atoms with Gasteiger partial charge in [0.2, 0.25) is 5.91 Å². The molecule has 8 heteroatoms. The van der Waals surface area contributed by atoms with E-state index in [0.29, 0.717) is 11.5 Å². The van der Waals surface area contributed by atoms with E-state index in [2.05, 4.69) is 15.5 Å². The number of fused-ring (bicyclic) bond motifs is 2. The van der Waals surface area contributed by atoms with Crippen LogP contribution >= 0.6 is 0 Å². The Balaban J connectivity index is 1.60. The van der Waals surface area contributed by atoms with Crippen molar-refractivity contribution in [2.45, 2.75) is 64.5 Å². The second-order valence-electron chi connectivity index (χ2n) is 9.50. The molecule has 3 aromatic rings. The van der Waals surface area contributed by atoms with Gasteiger partial charge in [-0.15, -0.1) is 5.10 Å². The van der Waals surface area contributed by atoms with E-state index in [4.69, 9.17) is 0 Å². The number of aromatic nitrogens is 2. The third-order valence-corrected chi connectivity index (χ3v) is 6.79. The van der Waals surface area contributed by atoms with Crippen molar-refractivity contribution in [3.63, 3.8) is 0 Å². The topological polar surface area (TPSA) is 58.1 Å². The SMILES string of the molecule is Cc1nnc(N[C@H](C)c2cccc(C(F)F)c2F)c2cc3c(cc12)C(C)(C)C(=O)N3C1CC1. The van der Waals surface area contributed by atoms with Gasteiger partial charge in [-0.1, -0.05) is 18.2 Å². The number of carbonyl (C=O) groups excluding carboxylic acids is 1. The van der Waals surface area contributed by atoms with E-state index >= 15 is 0 Å². The number of alkyl halides is 2. The summed E-state index contributed by atoms with van der Waals surface area (Å²) in [5, 5.41) is 13.3. The monoisotopic (exact) mass is 454 g/mol. The third-order valence-electron chi connectivity index (χ3n) is 6.79. The van der Waals surface area contributed by atoms with E-state index in [0.717, 1.165) is 40.9 Å². The number of hydrogen-bond acceptors (Lipinski definition) is 4. The van der Waals surface area contributed by atoms with Crippen LogP contribution in [0.4, 0.5) is 24.7 Å². The van der Waals surface area contributed by atoms with Gasteiger partial charge in [0, 0.05) is 28.1 Å². The predicted octanol–water partition coefficient (Wildman–Crippen LogP) is 5.97. The van der Waals surface area contributed by atoms with Crippen molar-refractivity contribution in [3.05, 3.63) is 58.5 Å². The fourth-order valence-corrected chi connectivity index (χ4v) is 4.70. The van der Waals surface area contributed by atoms with Crippen molar-refractivity contribution in [1.82, 2.24) is 10.2 Å². The number of carbonyl (C=O) groups is 1. The fraction of sp³-hybridized carbons (Fsp3) is 0.400. The van der Waals surface area contributed by atoms with Gasteiger partial charge in [-0.2, -0.15) is 5.10 Å². The predicted molar refractivity (Wildman–Crippen MR) is 121 cm³/mol. The van der Waals surface area contributed by atoms with Crippen LogP contribution in [-0.2, 0) is 10.2 Å². The van der Waals surface area contributed by atoms with Crippen LogP contribution in [0.1, 0.15) is 68.5 Å². The number of benzene rings is 2. The van der Waals surface area contributed by atoms with E-state index in [1.54, 1.807) is 6.92 Å². The fourth-order valence-electron chi connectivity index (χ4n) is 4.70. The van der Waals surface area contributed by atoms with E-state index in [1.807, 2.05) is 37.8 Å². The lowest BCUT2D eigenvalue weighted by molar-refractivity contribution is -0.122. The average Bonchev–Trinajstić information content (AvgIpc) is 3.57. The number of nitrogens with zero attached hydrogens (tertiary/aromatic N) is 3. The highest BCUT2D eigenvalue weighted by molar-refractivity contribution is 6.11. The van der Waals surface area contributed by atoms with Gasteiger partial charge < -0.3 is 10.2 Å². The molecule has 1 fully saturated rings. The van der Waals surface area contributed by atoms with Gasteiger partial charge in [-0.25, -0.2) is 13.2 Å². The molecule has 1 aliphatic heterocycles. The second kappa shape index (κ2) is 7.43. The van der Waals surface area contributed by atoms with Gasteiger partial charge in [0.05, 0.1) is 22.7 Å². The van der Waals surface area contributed by atoms with Crippen LogP contribution in [0.15, 0.2) is 30.3 Å². The van der Waals surface area contributed by atoms with Crippen LogP contribution in [0.3, 0.4) is 0 Å². The second-order valence-corrected chi connectivity index (χ2v) is 9.50. The molecule has 0 bridgehead atoms. The highest BCUT2D eigenvalue weighted by Gasteiger charge is 2.49. The summed E-state index contributed by atoms with van der Waals surface area (Å²) in [6.07, 6.45) is -0.932. The average molecular weight is 454 g/mol. The van der Waals surface area contributed by atoms with Gasteiger partial charge >= 0.3 is 0 Å². The summed E-state index contributed by atoms with van der Waals surface area (Å²) in [5.74, 6) is -0.423. The van der Waals surface area contributed by atoms with Crippen molar-refractivity contribution >= 4 is 28.2 Å². The maximum absolute atomic E-state index is 14.7. The van der Waals surface area contributed by atoms with Gasteiger partial charge in [0.15, 0.2) is 5.82 Å². The largest absolute Gasteiger partial charge is 0.361 e. The lowest BCUT2D eigenvalue weighted by atomic mass is 9.85. The molecule has 2 aromatic carbocycles. The molecule has 172 valence electrons. The summed E-state index contributed by atoms with van der Waals surface area (Å²) < 4.78 is 41.0. The third kappa shape index (κ3) is 3.34. The Morgan fingerprint density at radius 1 is 1.12 bits per heavy atom. The Bertz CT molecular complexity index is 1290. The Kier molecular flexibility index (Phi) is 4.88. The summed E-state index contributed by atoms with van der Waals surface area (Å²) in [6.45, 7) is 7.42. The van der Waals surface area contributed by atoms with Crippen molar-refractivity contribution in [3.8, 4) is 0 Å². The first-order valence-corrected chi connectivity index (χ1v) is 11.1. The van der Waals surface area contributed by atoms with Crippen molar-refractivity contribution in [1.29, 1.82) is 0 Å². The normalized spacial score (nSPS) is 18.2. The molecule has 5 rings (SSSR count). The number of amides is 1. The van der Waals surface area contributed by atoms with Crippen molar-refractivity contribution in [2.24, 2.45) is 0 Å². The number of rotatable bonds is 5. The Hall–Kier alpha value is -3.16. The van der Waals surface area contributed by atoms with Gasteiger partial charge in [0.25, 0.3) is 6.43 Å². The van der Waals surface area contributed by atoms with E-state index in [-0.39, 0.29) is 17.5 Å². The van der Waals surface area contributed by atoms with Crippen LogP contribution in [0.2, 0.25) is 0 Å². The number of anilines is 2. The summed E-state index contributed by atoms with van der Waals surface area (Å²) >= 11 is 0. The Labute approximate surface area is 190 Å². The molecule has 1 saturated carbocycles. The number of aryl methyl sites for hydroxylation is 1. The number of hydrogen-bond donors (Lipinski definition) is 1. The minimum atomic E-state index is -2.89. The highest BCUT2D eigenvalue weighted by atomic mass is 19.3. The minimum Gasteiger partial charge on any atom is -0.361 e. The summed E-state index contributed by atoms with van der Waals surface area (Å²) in [7, 11) is 0. The van der Waals surface area contributed by atoms with E-state index < -0.39 is 29.3 Å². The molecule has 1 amide bonds. The van der Waals surface area contributed by atoms with Crippen LogP contribution in [0.5, 0.6) is 0 Å². The zero-order valence-electron chi connectivity index (χ0n) is 18.9. The molecule has 1 aromatic heterocycles. The first-order valence-electron chi connectivity index (χ1n) is 11.1. The quantitative estimate of drug-likeness (QED) is 0.516. The molecular weight excluding hydrogens is 429 g/mol. The zero-order chi connectivity index (χ0) is 23.7.